The maximum absolute atomic E-state index is 12.1. The quantitative estimate of drug-likeness (QED) is 0.832. The summed E-state index contributed by atoms with van der Waals surface area (Å²) >= 11 is 1.66. The largest absolute Gasteiger partial charge is 0.346 e. The van der Waals surface area contributed by atoms with Gasteiger partial charge >= 0.3 is 0 Å². The highest BCUT2D eigenvalue weighted by molar-refractivity contribution is 7.09. The number of aromatic nitrogens is 1. The molecule has 0 spiro atoms. The van der Waals surface area contributed by atoms with Gasteiger partial charge in [0.05, 0.1) is 18.1 Å². The van der Waals surface area contributed by atoms with Gasteiger partial charge < -0.3 is 16.0 Å². The van der Waals surface area contributed by atoms with Gasteiger partial charge in [-0.25, -0.2) is 4.98 Å². The van der Waals surface area contributed by atoms with Crippen molar-refractivity contribution in [2.45, 2.75) is 25.7 Å². The minimum Gasteiger partial charge on any atom is -0.346 e. The minimum absolute atomic E-state index is 0.0274. The van der Waals surface area contributed by atoms with Gasteiger partial charge in [0.25, 0.3) is 0 Å². The van der Waals surface area contributed by atoms with Gasteiger partial charge in [-0.15, -0.1) is 11.3 Å². The Morgan fingerprint density at radius 3 is 3.05 bits per heavy atom. The molecule has 0 saturated carbocycles. The van der Waals surface area contributed by atoms with E-state index in [-0.39, 0.29) is 24.9 Å². The molecule has 0 aliphatic carbocycles. The van der Waals surface area contributed by atoms with Crippen LogP contribution in [0, 0.1) is 6.92 Å². The van der Waals surface area contributed by atoms with Gasteiger partial charge in [-0.05, 0) is 19.8 Å². The highest BCUT2D eigenvalue weighted by Crippen LogP contribution is 2.29. The molecule has 2 rings (SSSR count). The Balaban J connectivity index is 1.89. The zero-order chi connectivity index (χ0) is 14.5. The number of carbonyl (C=O) groups excluding carboxylic acids is 2. The lowest BCUT2D eigenvalue weighted by Crippen LogP contribution is -2.45. The third-order valence-corrected chi connectivity index (χ3v) is 4.51. The second-order valence-electron chi connectivity index (χ2n) is 4.99. The Morgan fingerprint density at radius 2 is 2.40 bits per heavy atom. The molecule has 2 amide bonds. The molecule has 2 heterocycles. The number of hydrogen-bond acceptors (Lipinski definition) is 5. The summed E-state index contributed by atoms with van der Waals surface area (Å²) in [6.07, 6.45) is 2.03. The topological polar surface area (TPSA) is 88.3 Å². The van der Waals surface area contributed by atoms with Crippen LogP contribution in [0.2, 0.25) is 0 Å². The molecule has 110 valence electrons. The average molecular weight is 296 g/mol. The van der Waals surface area contributed by atoms with Gasteiger partial charge in [0, 0.05) is 30.1 Å². The molecule has 20 heavy (non-hydrogen) atoms. The molecule has 1 aliphatic rings. The van der Waals surface area contributed by atoms with Gasteiger partial charge in [-0.2, -0.15) is 0 Å². The van der Waals surface area contributed by atoms with Crippen LogP contribution in [-0.4, -0.2) is 47.9 Å². The van der Waals surface area contributed by atoms with E-state index in [0.29, 0.717) is 12.5 Å². The Hall–Kier alpha value is -1.47. The first-order valence-electron chi connectivity index (χ1n) is 6.76. The molecule has 3 N–H and O–H groups in total. The van der Waals surface area contributed by atoms with E-state index in [4.69, 9.17) is 5.73 Å². The van der Waals surface area contributed by atoms with Gasteiger partial charge in [0.2, 0.25) is 11.8 Å². The van der Waals surface area contributed by atoms with Crippen LogP contribution in [0.1, 0.15) is 29.5 Å². The fourth-order valence-corrected chi connectivity index (χ4v) is 3.25. The Morgan fingerprint density at radius 1 is 1.60 bits per heavy atom. The first-order valence-corrected chi connectivity index (χ1v) is 7.64. The van der Waals surface area contributed by atoms with E-state index in [9.17, 15) is 9.59 Å². The lowest BCUT2D eigenvalue weighted by atomic mass is 9.98. The number of piperidine rings is 1. The van der Waals surface area contributed by atoms with E-state index in [1.54, 1.807) is 11.3 Å². The Kier molecular flexibility index (Phi) is 5.08. The zero-order valence-corrected chi connectivity index (χ0v) is 12.4. The average Bonchev–Trinajstić information content (AvgIpc) is 2.91. The maximum atomic E-state index is 12.1. The van der Waals surface area contributed by atoms with Crippen LogP contribution >= 0.6 is 11.3 Å². The second kappa shape index (κ2) is 6.81. The molecule has 7 heteroatoms. The standard InChI is InChI=1S/C13H20N4O2S/c1-9-8-20-13(16-9)10-3-2-4-17(7-10)12(19)6-15-11(18)5-14/h8,10H,2-7,14H2,1H3,(H,15,18). The molecule has 0 radical (unpaired) electrons. The van der Waals surface area contributed by atoms with Crippen LogP contribution < -0.4 is 11.1 Å². The van der Waals surface area contributed by atoms with E-state index >= 15 is 0 Å². The predicted molar refractivity (Wildman–Crippen MR) is 77.5 cm³/mol. The third kappa shape index (κ3) is 3.77. The SMILES string of the molecule is Cc1csc(C2CCCN(C(=O)CNC(=O)CN)C2)n1. The van der Waals surface area contributed by atoms with Crippen LogP contribution in [0.3, 0.4) is 0 Å². The summed E-state index contributed by atoms with van der Waals surface area (Å²) < 4.78 is 0. The van der Waals surface area contributed by atoms with E-state index < -0.39 is 0 Å². The van der Waals surface area contributed by atoms with Crippen molar-refractivity contribution in [2.75, 3.05) is 26.2 Å². The van der Waals surface area contributed by atoms with Crippen molar-refractivity contribution >= 4 is 23.2 Å². The Bertz CT molecular complexity index is 488. The van der Waals surface area contributed by atoms with Crippen LogP contribution in [0.4, 0.5) is 0 Å². The fraction of sp³-hybridized carbons (Fsp3) is 0.615. The fourth-order valence-electron chi connectivity index (χ4n) is 2.32. The molecule has 1 aromatic rings. The maximum Gasteiger partial charge on any atom is 0.241 e. The lowest BCUT2D eigenvalue weighted by Gasteiger charge is -2.31. The predicted octanol–water partition coefficient (Wildman–Crippen LogP) is 0.232. The van der Waals surface area contributed by atoms with Gasteiger partial charge in [-0.3, -0.25) is 9.59 Å². The van der Waals surface area contributed by atoms with Crippen molar-refractivity contribution in [1.82, 2.24) is 15.2 Å². The molecule has 6 nitrogen and oxygen atoms in total. The highest BCUT2D eigenvalue weighted by atomic mass is 32.1. The third-order valence-electron chi connectivity index (χ3n) is 3.38. The first kappa shape index (κ1) is 14.9. The zero-order valence-electron chi connectivity index (χ0n) is 11.6. The lowest BCUT2D eigenvalue weighted by molar-refractivity contribution is -0.133. The van der Waals surface area contributed by atoms with Crippen LogP contribution in [0.15, 0.2) is 5.38 Å². The van der Waals surface area contributed by atoms with E-state index in [1.165, 1.54) is 0 Å². The molecule has 1 unspecified atom stereocenters. The molecular weight excluding hydrogens is 276 g/mol. The van der Waals surface area contributed by atoms with E-state index in [2.05, 4.69) is 10.3 Å². The summed E-state index contributed by atoms with van der Waals surface area (Å²) in [5, 5.41) is 5.66. The van der Waals surface area contributed by atoms with Crippen molar-refractivity contribution in [2.24, 2.45) is 5.73 Å². The number of likely N-dealkylation sites (tertiary alicyclic amines) is 1. The number of rotatable bonds is 4. The minimum atomic E-state index is -0.303. The molecule has 1 aromatic heterocycles. The summed E-state index contributed by atoms with van der Waals surface area (Å²) in [6, 6.07) is 0. The van der Waals surface area contributed by atoms with Gasteiger partial charge in [0.15, 0.2) is 0 Å². The molecule has 1 fully saturated rings. The van der Waals surface area contributed by atoms with E-state index in [0.717, 1.165) is 30.1 Å². The monoisotopic (exact) mass is 296 g/mol. The highest BCUT2D eigenvalue weighted by Gasteiger charge is 2.26. The number of hydrogen-bond donors (Lipinski definition) is 2. The number of amides is 2. The smallest absolute Gasteiger partial charge is 0.241 e. The van der Waals surface area contributed by atoms with Crippen molar-refractivity contribution in [3.8, 4) is 0 Å². The van der Waals surface area contributed by atoms with Crippen molar-refractivity contribution in [3.63, 3.8) is 0 Å². The molecule has 1 aliphatic heterocycles. The molecule has 1 saturated heterocycles. The first-order chi connectivity index (χ1) is 9.60. The summed E-state index contributed by atoms with van der Waals surface area (Å²) in [7, 11) is 0. The van der Waals surface area contributed by atoms with Gasteiger partial charge in [0.1, 0.15) is 0 Å². The number of thiazole rings is 1. The number of nitrogens with two attached hydrogens (primary N) is 1. The molecule has 1 atom stereocenters. The summed E-state index contributed by atoms with van der Waals surface area (Å²) in [5.41, 5.74) is 6.22. The number of carbonyl (C=O) groups is 2. The van der Waals surface area contributed by atoms with Crippen LogP contribution in [0.5, 0.6) is 0 Å². The number of nitrogens with zero attached hydrogens (tertiary/aromatic N) is 2. The molecule has 0 aromatic carbocycles. The molecule has 0 bridgehead atoms. The number of aryl methyl sites for hydroxylation is 1. The van der Waals surface area contributed by atoms with E-state index in [1.807, 2.05) is 17.2 Å². The van der Waals surface area contributed by atoms with Crippen molar-refractivity contribution < 1.29 is 9.59 Å². The van der Waals surface area contributed by atoms with Crippen molar-refractivity contribution in [1.29, 1.82) is 0 Å². The second-order valence-corrected chi connectivity index (χ2v) is 5.88. The Labute approximate surface area is 122 Å². The van der Waals surface area contributed by atoms with Crippen LogP contribution in [0.25, 0.3) is 0 Å². The summed E-state index contributed by atoms with van der Waals surface area (Å²) in [6.45, 7) is 3.35. The summed E-state index contributed by atoms with van der Waals surface area (Å²) in [4.78, 5) is 29.4. The number of nitrogens with one attached hydrogen (secondary N) is 1. The normalized spacial score (nSPS) is 18.9. The molecular formula is C13H20N4O2S. The van der Waals surface area contributed by atoms with Gasteiger partial charge in [-0.1, -0.05) is 0 Å². The van der Waals surface area contributed by atoms with Crippen LogP contribution in [-0.2, 0) is 9.59 Å². The van der Waals surface area contributed by atoms with Crippen molar-refractivity contribution in [3.05, 3.63) is 16.1 Å². The summed E-state index contributed by atoms with van der Waals surface area (Å²) in [5.74, 6) is -0.0381.